The Hall–Kier alpha value is -3.92. The van der Waals surface area contributed by atoms with Crippen molar-refractivity contribution in [3.8, 4) is 0 Å². The van der Waals surface area contributed by atoms with Gasteiger partial charge in [-0.2, -0.15) is 0 Å². The topological polar surface area (TPSA) is 68.3 Å². The molecule has 0 heterocycles. The van der Waals surface area contributed by atoms with Gasteiger partial charge in [-0.15, -0.1) is 0 Å². The average Bonchev–Trinajstić information content (AvgIpc) is 2.75. The van der Waals surface area contributed by atoms with Crippen LogP contribution in [0.3, 0.4) is 0 Å². The maximum atomic E-state index is 11.9. The normalized spacial score (nSPS) is 11.4. The molecule has 132 valence electrons. The Morgan fingerprint density at radius 2 is 0.929 bits per heavy atom. The van der Waals surface area contributed by atoms with Crippen LogP contribution in [-0.4, -0.2) is 25.1 Å². The van der Waals surface area contributed by atoms with E-state index < -0.39 is 0 Å². The van der Waals surface area contributed by atoms with Crippen molar-refractivity contribution in [2.45, 2.75) is 0 Å². The fourth-order valence-electron chi connectivity index (χ4n) is 4.41. The summed E-state index contributed by atoms with van der Waals surface area (Å²) in [6.45, 7) is 0. The minimum absolute atomic E-state index is 0.329. The number of hydrogen-bond donors (Lipinski definition) is 0. The van der Waals surface area contributed by atoms with Crippen LogP contribution in [0.5, 0.6) is 0 Å². The number of benzene rings is 5. The summed E-state index contributed by atoms with van der Waals surface area (Å²) in [5.41, 5.74) is 1.32. The fourth-order valence-corrected chi connectivity index (χ4v) is 4.41. The second-order valence-corrected chi connectivity index (χ2v) is 6.79. The molecule has 0 aliphatic carbocycles. The van der Waals surface area contributed by atoms with Crippen LogP contribution in [-0.2, 0) is 0 Å². The van der Waals surface area contributed by atoms with E-state index in [2.05, 4.69) is 0 Å². The molecule has 0 fully saturated rings. The lowest BCUT2D eigenvalue weighted by Crippen LogP contribution is -2.00. The second kappa shape index (κ2) is 5.79. The third kappa shape index (κ3) is 1.89. The van der Waals surface area contributed by atoms with E-state index in [-0.39, 0.29) is 0 Å². The van der Waals surface area contributed by atoms with Crippen molar-refractivity contribution < 1.29 is 19.2 Å². The molecule has 0 unspecified atom stereocenters. The summed E-state index contributed by atoms with van der Waals surface area (Å²) >= 11 is 0. The molecule has 28 heavy (non-hydrogen) atoms. The number of hydrogen-bond acceptors (Lipinski definition) is 4. The molecule has 0 N–H and O–H groups in total. The summed E-state index contributed by atoms with van der Waals surface area (Å²) in [4.78, 5) is 47.1. The van der Waals surface area contributed by atoms with Crippen LogP contribution in [0, 0.1) is 0 Å². The molecular formula is C24H12O4. The summed E-state index contributed by atoms with van der Waals surface area (Å²) in [5.74, 6) is 0. The van der Waals surface area contributed by atoms with Gasteiger partial charge in [0.25, 0.3) is 0 Å². The number of carbonyl (C=O) groups excluding carboxylic acids is 4. The molecule has 0 radical (unpaired) electrons. The van der Waals surface area contributed by atoms with Gasteiger partial charge in [0, 0.05) is 33.0 Å². The molecule has 5 rings (SSSR count). The smallest absolute Gasteiger partial charge is 0.151 e. The van der Waals surface area contributed by atoms with Crippen LogP contribution in [0.1, 0.15) is 41.4 Å². The third-order valence-corrected chi connectivity index (χ3v) is 5.50. The van der Waals surface area contributed by atoms with Crippen molar-refractivity contribution in [2.24, 2.45) is 0 Å². The first kappa shape index (κ1) is 16.3. The molecule has 0 aliphatic rings. The highest BCUT2D eigenvalue weighted by Crippen LogP contribution is 2.43. The third-order valence-electron chi connectivity index (χ3n) is 5.50. The maximum absolute atomic E-state index is 11.9. The van der Waals surface area contributed by atoms with Crippen LogP contribution < -0.4 is 0 Å². The maximum Gasteiger partial charge on any atom is 0.151 e. The van der Waals surface area contributed by atoms with Gasteiger partial charge in [0.05, 0.1) is 0 Å². The molecule has 0 saturated heterocycles. The first-order chi connectivity index (χ1) is 13.7. The van der Waals surface area contributed by atoms with E-state index in [1.165, 1.54) is 0 Å². The molecule has 0 aromatic heterocycles. The van der Waals surface area contributed by atoms with E-state index in [1.54, 1.807) is 12.1 Å². The molecule has 0 atom stereocenters. The largest absolute Gasteiger partial charge is 0.298 e. The molecule has 4 nitrogen and oxygen atoms in total. The van der Waals surface area contributed by atoms with Crippen molar-refractivity contribution in [1.82, 2.24) is 0 Å². The van der Waals surface area contributed by atoms with Crippen molar-refractivity contribution in [1.29, 1.82) is 0 Å². The molecular weight excluding hydrogens is 352 g/mol. The molecule has 0 saturated carbocycles. The van der Waals surface area contributed by atoms with E-state index in [1.807, 2.05) is 36.4 Å². The highest BCUT2D eigenvalue weighted by atomic mass is 16.1. The Kier molecular flexibility index (Phi) is 3.36. The van der Waals surface area contributed by atoms with Gasteiger partial charge < -0.3 is 0 Å². The number of carbonyl (C=O) groups is 4. The number of fused-ring (bicyclic) bond motifs is 2. The molecule has 0 aliphatic heterocycles. The zero-order valence-corrected chi connectivity index (χ0v) is 14.6. The zero-order valence-electron chi connectivity index (χ0n) is 14.6. The van der Waals surface area contributed by atoms with Gasteiger partial charge in [0.2, 0.25) is 0 Å². The lowest BCUT2D eigenvalue weighted by Gasteiger charge is -2.18. The highest BCUT2D eigenvalue weighted by molar-refractivity contribution is 6.38. The zero-order chi connectivity index (χ0) is 19.4. The van der Waals surface area contributed by atoms with E-state index in [0.717, 1.165) is 32.3 Å². The van der Waals surface area contributed by atoms with E-state index in [0.29, 0.717) is 58.2 Å². The average molecular weight is 364 g/mol. The Balaban J connectivity index is 2.28. The van der Waals surface area contributed by atoms with Crippen LogP contribution >= 0.6 is 0 Å². The predicted octanol–water partition coefficient (Wildman–Crippen LogP) is 4.99. The van der Waals surface area contributed by atoms with Gasteiger partial charge >= 0.3 is 0 Å². The highest BCUT2D eigenvalue weighted by Gasteiger charge is 2.21. The lowest BCUT2D eigenvalue weighted by molar-refractivity contribution is 0.109. The Morgan fingerprint density at radius 1 is 0.500 bits per heavy atom. The van der Waals surface area contributed by atoms with E-state index in [4.69, 9.17) is 0 Å². The molecule has 0 bridgehead atoms. The van der Waals surface area contributed by atoms with E-state index >= 15 is 0 Å². The summed E-state index contributed by atoms with van der Waals surface area (Å²) < 4.78 is 0. The van der Waals surface area contributed by atoms with Gasteiger partial charge in [0.1, 0.15) is 0 Å². The lowest BCUT2D eigenvalue weighted by atomic mass is 9.84. The van der Waals surface area contributed by atoms with Crippen LogP contribution in [0.4, 0.5) is 0 Å². The SMILES string of the molecule is O=Cc1cc2cccc3c4c(C=O)c(C=O)cc5cccc(c(c1C=O)c23)c54. The summed E-state index contributed by atoms with van der Waals surface area (Å²) in [6.07, 6.45) is 2.79. The molecule has 0 spiro atoms. The van der Waals surface area contributed by atoms with E-state index in [9.17, 15) is 19.2 Å². The van der Waals surface area contributed by atoms with Crippen LogP contribution in [0.2, 0.25) is 0 Å². The number of rotatable bonds is 4. The summed E-state index contributed by atoms with van der Waals surface area (Å²) in [5, 5.41) is 6.17. The van der Waals surface area contributed by atoms with Crippen molar-refractivity contribution in [3.63, 3.8) is 0 Å². The minimum atomic E-state index is 0.329. The van der Waals surface area contributed by atoms with Gasteiger partial charge in [-0.3, -0.25) is 19.2 Å². The van der Waals surface area contributed by atoms with Gasteiger partial charge in [0.15, 0.2) is 25.1 Å². The summed E-state index contributed by atoms with van der Waals surface area (Å²) in [7, 11) is 0. The standard InChI is InChI=1S/C24H12O4/c25-9-15-7-13-3-1-5-17-21(13)24(20(15)12-28)18-6-2-4-14-8-16(10-26)19(11-27)23(17)22(14)18/h1-12H. The van der Waals surface area contributed by atoms with Crippen molar-refractivity contribution >= 4 is 68.2 Å². The van der Waals surface area contributed by atoms with Crippen LogP contribution in [0.25, 0.3) is 43.1 Å². The first-order valence-corrected chi connectivity index (χ1v) is 8.74. The molecule has 4 heteroatoms. The Bertz CT molecular complexity index is 1360. The molecule has 0 amide bonds. The monoisotopic (exact) mass is 364 g/mol. The Morgan fingerprint density at radius 3 is 1.29 bits per heavy atom. The van der Waals surface area contributed by atoms with Gasteiger partial charge in [-0.25, -0.2) is 0 Å². The molecule has 5 aromatic carbocycles. The molecule has 5 aromatic rings. The minimum Gasteiger partial charge on any atom is -0.298 e. The van der Waals surface area contributed by atoms with Gasteiger partial charge in [-0.05, 0) is 44.5 Å². The Labute approximate surface area is 158 Å². The first-order valence-electron chi connectivity index (χ1n) is 8.74. The van der Waals surface area contributed by atoms with Crippen molar-refractivity contribution in [2.75, 3.05) is 0 Å². The quantitative estimate of drug-likeness (QED) is 0.256. The predicted molar refractivity (Wildman–Crippen MR) is 109 cm³/mol. The van der Waals surface area contributed by atoms with Crippen LogP contribution in [0.15, 0.2) is 48.5 Å². The second-order valence-electron chi connectivity index (χ2n) is 6.79. The van der Waals surface area contributed by atoms with Crippen molar-refractivity contribution in [3.05, 3.63) is 70.8 Å². The number of aldehydes is 4. The summed E-state index contributed by atoms with van der Waals surface area (Å²) in [6, 6.07) is 14.6. The fraction of sp³-hybridized carbons (Fsp3) is 0. The van der Waals surface area contributed by atoms with Gasteiger partial charge in [-0.1, -0.05) is 36.4 Å².